The average Bonchev–Trinajstić information content (AvgIpc) is 3.47. The molecule has 0 amide bonds. The van der Waals surface area contributed by atoms with Gasteiger partial charge in [-0.15, -0.1) is 0 Å². The average molecular weight is 1140 g/mol. The zero-order valence-corrected chi connectivity index (χ0v) is 54.5. The molecule has 0 saturated carbocycles. The van der Waals surface area contributed by atoms with Crippen molar-refractivity contribution in [2.24, 2.45) is 0 Å². The van der Waals surface area contributed by atoms with Crippen molar-refractivity contribution < 1.29 is 28.6 Å². The van der Waals surface area contributed by atoms with Crippen molar-refractivity contribution in [1.82, 2.24) is 0 Å². The van der Waals surface area contributed by atoms with E-state index in [2.05, 4.69) is 106 Å². The Morgan fingerprint density at radius 1 is 0.256 bits per heavy atom. The van der Waals surface area contributed by atoms with Crippen molar-refractivity contribution in [2.75, 3.05) is 13.2 Å². The third kappa shape index (κ3) is 67.4. The van der Waals surface area contributed by atoms with Crippen molar-refractivity contribution in [3.05, 3.63) is 85.1 Å². The standard InChI is InChI=1S/C76H134O6/c1-4-7-10-13-16-19-22-25-27-29-31-33-34-35-36-37-38-39-40-41-43-44-46-48-51-54-57-60-63-66-69-75(78)81-72-73(71-80-74(77)68-65-62-59-56-53-50-24-21-18-15-12-9-6-3)82-76(79)70-67-64-61-58-55-52-49-47-45-42-32-30-28-26-23-20-17-14-11-8-5-2/h8,11-12,15,17,20-21,24,26,28,32,42,47,49,73H,4-7,9-10,13-14,16,18-19,22-23,25,27,29-31,33-41,43-46,48,50-72H2,1-3H3/b11-8-,15-12-,20-17-,24-21-,28-26-,42-32-,49-47-. The third-order valence-corrected chi connectivity index (χ3v) is 15.6. The van der Waals surface area contributed by atoms with E-state index < -0.39 is 6.10 Å². The summed E-state index contributed by atoms with van der Waals surface area (Å²) in [6.45, 7) is 6.48. The quantitative estimate of drug-likeness (QED) is 0.0261. The molecule has 0 radical (unpaired) electrons. The maximum atomic E-state index is 12.9. The van der Waals surface area contributed by atoms with Gasteiger partial charge in [-0.3, -0.25) is 14.4 Å². The topological polar surface area (TPSA) is 78.9 Å². The van der Waals surface area contributed by atoms with E-state index in [-0.39, 0.29) is 31.1 Å². The molecule has 0 aromatic heterocycles. The third-order valence-electron chi connectivity index (χ3n) is 15.6. The molecule has 6 nitrogen and oxygen atoms in total. The van der Waals surface area contributed by atoms with E-state index in [0.717, 1.165) is 141 Å². The van der Waals surface area contributed by atoms with Crippen LogP contribution in [-0.2, 0) is 28.6 Å². The number of allylic oxidation sites excluding steroid dienone is 14. The molecule has 82 heavy (non-hydrogen) atoms. The summed E-state index contributed by atoms with van der Waals surface area (Å²) in [5.74, 6) is -0.904. The van der Waals surface area contributed by atoms with E-state index in [4.69, 9.17) is 14.2 Å². The number of hydrogen-bond acceptors (Lipinski definition) is 6. The van der Waals surface area contributed by atoms with Gasteiger partial charge in [-0.2, -0.15) is 0 Å². The first-order valence-electron chi connectivity index (χ1n) is 35.6. The van der Waals surface area contributed by atoms with Gasteiger partial charge in [0.2, 0.25) is 0 Å². The van der Waals surface area contributed by atoms with Crippen LogP contribution in [0.5, 0.6) is 0 Å². The van der Waals surface area contributed by atoms with Crippen LogP contribution in [0.3, 0.4) is 0 Å². The Hall–Kier alpha value is -3.41. The Kier molecular flexibility index (Phi) is 67.2. The van der Waals surface area contributed by atoms with E-state index in [9.17, 15) is 14.4 Å². The maximum absolute atomic E-state index is 12.9. The fraction of sp³-hybridized carbons (Fsp3) is 0.776. The zero-order chi connectivity index (χ0) is 59.2. The van der Waals surface area contributed by atoms with Crippen LogP contribution in [0.1, 0.15) is 361 Å². The summed E-state index contributed by atoms with van der Waals surface area (Å²) < 4.78 is 16.9. The summed E-state index contributed by atoms with van der Waals surface area (Å²) in [7, 11) is 0. The Bertz CT molecular complexity index is 1550. The van der Waals surface area contributed by atoms with Crippen LogP contribution in [-0.4, -0.2) is 37.2 Å². The first-order valence-corrected chi connectivity index (χ1v) is 35.6. The lowest BCUT2D eigenvalue weighted by atomic mass is 10.0. The predicted octanol–water partition coefficient (Wildman–Crippen LogP) is 24.6. The number of unbranched alkanes of at least 4 members (excludes halogenated alkanes) is 40. The second-order valence-corrected chi connectivity index (χ2v) is 23.8. The van der Waals surface area contributed by atoms with Crippen molar-refractivity contribution in [2.45, 2.75) is 367 Å². The summed E-state index contributed by atoms with van der Waals surface area (Å²) in [6.07, 6.45) is 93.4. The van der Waals surface area contributed by atoms with Crippen LogP contribution in [0.25, 0.3) is 0 Å². The number of esters is 3. The molecule has 1 unspecified atom stereocenters. The van der Waals surface area contributed by atoms with Crippen LogP contribution in [0.2, 0.25) is 0 Å². The van der Waals surface area contributed by atoms with Gasteiger partial charge in [-0.25, -0.2) is 0 Å². The summed E-state index contributed by atoms with van der Waals surface area (Å²) in [6, 6.07) is 0. The van der Waals surface area contributed by atoms with Gasteiger partial charge in [0, 0.05) is 19.3 Å². The van der Waals surface area contributed by atoms with Gasteiger partial charge < -0.3 is 14.2 Å². The number of hydrogen-bond donors (Lipinski definition) is 0. The van der Waals surface area contributed by atoms with Gasteiger partial charge in [0.05, 0.1) is 0 Å². The molecule has 0 fully saturated rings. The van der Waals surface area contributed by atoms with E-state index in [1.807, 2.05) is 0 Å². The highest BCUT2D eigenvalue weighted by atomic mass is 16.6. The smallest absolute Gasteiger partial charge is 0.306 e. The van der Waals surface area contributed by atoms with E-state index in [1.165, 1.54) is 180 Å². The molecule has 0 aliphatic carbocycles. The minimum atomic E-state index is -0.794. The SMILES string of the molecule is CC/C=C\C/C=C\C/C=C\C/C=C\C/C=C\CCCCCCCC(=O)OC(COC(=O)CCCCCCC/C=C\C/C=C\CCC)COC(=O)CCCCCCCCCCCCCCCCCCCCCCCCCCCCCCCC. The zero-order valence-electron chi connectivity index (χ0n) is 54.5. The van der Waals surface area contributed by atoms with Gasteiger partial charge in [0.25, 0.3) is 0 Å². The Morgan fingerprint density at radius 3 is 0.793 bits per heavy atom. The Balaban J connectivity index is 4.23. The number of ether oxygens (including phenoxy) is 3. The van der Waals surface area contributed by atoms with Crippen LogP contribution in [0, 0.1) is 0 Å². The summed E-state index contributed by atoms with van der Waals surface area (Å²) in [5.41, 5.74) is 0. The largest absolute Gasteiger partial charge is 0.462 e. The van der Waals surface area contributed by atoms with Crippen molar-refractivity contribution in [3.63, 3.8) is 0 Å². The van der Waals surface area contributed by atoms with Crippen molar-refractivity contribution >= 4 is 17.9 Å². The maximum Gasteiger partial charge on any atom is 0.306 e. The van der Waals surface area contributed by atoms with Gasteiger partial charge in [-0.1, -0.05) is 337 Å². The van der Waals surface area contributed by atoms with Gasteiger partial charge in [0.15, 0.2) is 6.10 Å². The molecule has 0 aromatic carbocycles. The molecule has 0 saturated heterocycles. The lowest BCUT2D eigenvalue weighted by molar-refractivity contribution is -0.167. The highest BCUT2D eigenvalue weighted by Gasteiger charge is 2.19. The molecule has 6 heteroatoms. The molecular formula is C76H134O6. The second-order valence-electron chi connectivity index (χ2n) is 23.8. The molecule has 1 atom stereocenters. The molecule has 474 valence electrons. The molecule has 0 aromatic rings. The van der Waals surface area contributed by atoms with Crippen molar-refractivity contribution in [3.8, 4) is 0 Å². The minimum absolute atomic E-state index is 0.0866. The summed E-state index contributed by atoms with van der Waals surface area (Å²) >= 11 is 0. The number of carbonyl (C=O) groups is 3. The summed E-state index contributed by atoms with van der Waals surface area (Å²) in [5, 5.41) is 0. The fourth-order valence-corrected chi connectivity index (χ4v) is 10.3. The highest BCUT2D eigenvalue weighted by molar-refractivity contribution is 5.71. The molecule has 0 aliphatic heterocycles. The Morgan fingerprint density at radius 2 is 0.500 bits per heavy atom. The monoisotopic (exact) mass is 1140 g/mol. The Labute approximate surface area is 509 Å². The number of carbonyl (C=O) groups excluding carboxylic acids is 3. The minimum Gasteiger partial charge on any atom is -0.462 e. The summed E-state index contributed by atoms with van der Waals surface area (Å²) in [4.78, 5) is 38.4. The number of rotatable bonds is 65. The normalized spacial score (nSPS) is 12.6. The molecule has 0 spiro atoms. The van der Waals surface area contributed by atoms with E-state index in [0.29, 0.717) is 19.3 Å². The highest BCUT2D eigenvalue weighted by Crippen LogP contribution is 2.18. The molecular weight excluding hydrogens is 1010 g/mol. The lowest BCUT2D eigenvalue weighted by Crippen LogP contribution is -2.30. The van der Waals surface area contributed by atoms with Crippen LogP contribution >= 0.6 is 0 Å². The van der Waals surface area contributed by atoms with Gasteiger partial charge >= 0.3 is 17.9 Å². The molecule has 0 N–H and O–H groups in total. The van der Waals surface area contributed by atoms with Gasteiger partial charge in [-0.05, 0) is 89.9 Å². The molecule has 0 heterocycles. The fourth-order valence-electron chi connectivity index (χ4n) is 10.3. The van der Waals surface area contributed by atoms with Crippen molar-refractivity contribution in [1.29, 1.82) is 0 Å². The van der Waals surface area contributed by atoms with E-state index >= 15 is 0 Å². The molecule has 0 aliphatic rings. The molecule has 0 bridgehead atoms. The van der Waals surface area contributed by atoms with Crippen LogP contribution in [0.4, 0.5) is 0 Å². The predicted molar refractivity (Wildman–Crippen MR) is 358 cm³/mol. The first kappa shape index (κ1) is 78.6. The first-order chi connectivity index (χ1) is 40.5. The second kappa shape index (κ2) is 70.1. The van der Waals surface area contributed by atoms with Gasteiger partial charge in [0.1, 0.15) is 13.2 Å². The van der Waals surface area contributed by atoms with Crippen LogP contribution in [0.15, 0.2) is 85.1 Å². The van der Waals surface area contributed by atoms with Crippen LogP contribution < -0.4 is 0 Å². The van der Waals surface area contributed by atoms with E-state index in [1.54, 1.807) is 0 Å². The lowest BCUT2D eigenvalue weighted by Gasteiger charge is -2.18. The molecule has 0 rings (SSSR count).